The number of methoxy groups -OCH3 is 1. The Hall–Kier alpha value is -2.37. The molecule has 2 fully saturated rings. The maximum Gasteiger partial charge on any atom is 0.311 e. The molecule has 1 aromatic heterocycles. The monoisotopic (exact) mass is 402 g/mol. The molecule has 0 aromatic carbocycles. The van der Waals surface area contributed by atoms with Crippen LogP contribution in [0.15, 0.2) is 35.2 Å². The van der Waals surface area contributed by atoms with Crippen molar-refractivity contribution < 1.29 is 28.3 Å². The van der Waals surface area contributed by atoms with E-state index in [1.54, 1.807) is 6.07 Å². The van der Waals surface area contributed by atoms with E-state index in [1.807, 2.05) is 6.92 Å². The van der Waals surface area contributed by atoms with Gasteiger partial charge in [-0.05, 0) is 50.5 Å². The molecule has 2 aliphatic rings. The summed E-state index contributed by atoms with van der Waals surface area (Å²) >= 11 is 0. The Morgan fingerprint density at radius 3 is 2.69 bits per heavy atom. The first-order chi connectivity index (χ1) is 13.7. The molecule has 0 bridgehead atoms. The molecule has 6 heteroatoms. The first-order valence-electron chi connectivity index (χ1n) is 10.2. The minimum atomic E-state index is -0.676. The molecule has 0 spiro atoms. The van der Waals surface area contributed by atoms with Crippen molar-refractivity contribution in [3.8, 4) is 0 Å². The highest BCUT2D eigenvalue weighted by Crippen LogP contribution is 2.62. The SMILES string of the molecule is C=C1CCC2C(C)(C(=O)OC)CCCC2(COC(C)=O)C1CC(=O)c1ccoc1. The van der Waals surface area contributed by atoms with Crippen LogP contribution in [0.4, 0.5) is 0 Å². The van der Waals surface area contributed by atoms with Crippen molar-refractivity contribution in [2.24, 2.45) is 22.7 Å². The lowest BCUT2D eigenvalue weighted by Gasteiger charge is -2.58. The van der Waals surface area contributed by atoms with Crippen molar-refractivity contribution in [2.75, 3.05) is 13.7 Å². The van der Waals surface area contributed by atoms with Gasteiger partial charge in [-0.3, -0.25) is 14.4 Å². The Kier molecular flexibility index (Phi) is 6.01. The molecule has 4 atom stereocenters. The van der Waals surface area contributed by atoms with Crippen LogP contribution in [0.3, 0.4) is 0 Å². The molecular weight excluding hydrogens is 372 g/mol. The molecule has 0 N–H and O–H groups in total. The predicted octanol–water partition coefficient (Wildman–Crippen LogP) is 4.35. The van der Waals surface area contributed by atoms with Crippen LogP contribution < -0.4 is 0 Å². The molecule has 0 amide bonds. The average Bonchev–Trinajstić information content (AvgIpc) is 3.23. The summed E-state index contributed by atoms with van der Waals surface area (Å²) in [5, 5.41) is 0. The number of carbonyl (C=O) groups is 3. The molecule has 29 heavy (non-hydrogen) atoms. The van der Waals surface area contributed by atoms with Gasteiger partial charge in [0.1, 0.15) is 6.26 Å². The number of esters is 2. The van der Waals surface area contributed by atoms with Crippen LogP contribution in [-0.4, -0.2) is 31.4 Å². The fraction of sp³-hybridized carbons (Fsp3) is 0.609. The van der Waals surface area contributed by atoms with Crippen molar-refractivity contribution in [2.45, 2.75) is 52.4 Å². The third-order valence-corrected chi connectivity index (χ3v) is 7.17. The molecule has 3 rings (SSSR count). The summed E-state index contributed by atoms with van der Waals surface area (Å²) in [5.41, 5.74) is 0.320. The standard InChI is InChI=1S/C23H30O6/c1-15-6-7-20-22(3,21(26)27-4)9-5-10-23(20,14-29-16(2)24)18(15)12-19(25)17-8-11-28-13-17/h8,11,13,18,20H,1,5-7,9-10,12,14H2,2-4H3. The first kappa shape index (κ1) is 21.3. The lowest BCUT2D eigenvalue weighted by Crippen LogP contribution is -2.57. The lowest BCUT2D eigenvalue weighted by molar-refractivity contribution is -0.177. The van der Waals surface area contributed by atoms with Gasteiger partial charge in [0.25, 0.3) is 0 Å². The van der Waals surface area contributed by atoms with E-state index in [0.717, 1.165) is 37.7 Å². The molecule has 1 aromatic rings. The fourth-order valence-electron chi connectivity index (χ4n) is 5.76. The number of furan rings is 1. The minimum Gasteiger partial charge on any atom is -0.472 e. The molecule has 0 aliphatic heterocycles. The van der Waals surface area contributed by atoms with Gasteiger partial charge >= 0.3 is 11.9 Å². The zero-order chi connectivity index (χ0) is 21.2. The molecule has 1 heterocycles. The van der Waals surface area contributed by atoms with Crippen molar-refractivity contribution in [3.05, 3.63) is 36.3 Å². The van der Waals surface area contributed by atoms with Gasteiger partial charge in [-0.15, -0.1) is 0 Å². The number of allylic oxidation sites excluding steroid dienone is 1. The van der Waals surface area contributed by atoms with E-state index in [0.29, 0.717) is 5.56 Å². The number of hydrogen-bond acceptors (Lipinski definition) is 6. The van der Waals surface area contributed by atoms with Crippen LogP contribution in [0.2, 0.25) is 0 Å². The van der Waals surface area contributed by atoms with Crippen molar-refractivity contribution in [3.63, 3.8) is 0 Å². The second-order valence-electron chi connectivity index (χ2n) is 8.72. The van der Waals surface area contributed by atoms with Gasteiger partial charge in [0.15, 0.2) is 5.78 Å². The molecule has 158 valence electrons. The molecule has 0 saturated heterocycles. The number of carbonyl (C=O) groups excluding carboxylic acids is 3. The van der Waals surface area contributed by atoms with E-state index in [-0.39, 0.29) is 42.6 Å². The van der Waals surface area contributed by atoms with Crippen LogP contribution >= 0.6 is 0 Å². The predicted molar refractivity (Wildman–Crippen MR) is 106 cm³/mol. The smallest absolute Gasteiger partial charge is 0.311 e. The Labute approximate surface area is 171 Å². The number of ketones is 1. The molecule has 4 unspecified atom stereocenters. The largest absolute Gasteiger partial charge is 0.472 e. The zero-order valence-corrected chi connectivity index (χ0v) is 17.5. The van der Waals surface area contributed by atoms with E-state index in [2.05, 4.69) is 6.58 Å². The van der Waals surface area contributed by atoms with Gasteiger partial charge in [-0.25, -0.2) is 0 Å². The summed E-state index contributed by atoms with van der Waals surface area (Å²) in [6, 6.07) is 1.66. The highest BCUT2D eigenvalue weighted by molar-refractivity contribution is 5.96. The number of rotatable bonds is 6. The highest BCUT2D eigenvalue weighted by atomic mass is 16.5. The third-order valence-electron chi connectivity index (χ3n) is 7.17. The zero-order valence-electron chi connectivity index (χ0n) is 17.5. The summed E-state index contributed by atoms with van der Waals surface area (Å²) in [7, 11) is 1.41. The molecule has 2 saturated carbocycles. The molecule has 6 nitrogen and oxygen atoms in total. The fourth-order valence-corrected chi connectivity index (χ4v) is 5.76. The maximum atomic E-state index is 12.9. The summed E-state index contributed by atoms with van der Waals surface area (Å²) in [6.45, 7) is 7.79. The van der Waals surface area contributed by atoms with Crippen LogP contribution in [0, 0.1) is 22.7 Å². The Morgan fingerprint density at radius 1 is 1.31 bits per heavy atom. The topological polar surface area (TPSA) is 82.8 Å². The highest BCUT2D eigenvalue weighted by Gasteiger charge is 2.60. The van der Waals surface area contributed by atoms with Crippen LogP contribution in [0.25, 0.3) is 0 Å². The molecular formula is C23H30O6. The normalized spacial score (nSPS) is 31.6. The van der Waals surface area contributed by atoms with E-state index in [4.69, 9.17) is 13.9 Å². The molecule has 0 radical (unpaired) electrons. The average molecular weight is 402 g/mol. The quantitative estimate of drug-likeness (QED) is 0.400. The Balaban J connectivity index is 2.02. The first-order valence-corrected chi connectivity index (χ1v) is 10.2. The Bertz CT molecular complexity index is 794. The Morgan fingerprint density at radius 2 is 2.07 bits per heavy atom. The van der Waals surface area contributed by atoms with Crippen LogP contribution in [-0.2, 0) is 19.1 Å². The van der Waals surface area contributed by atoms with Crippen molar-refractivity contribution >= 4 is 17.7 Å². The summed E-state index contributed by atoms with van der Waals surface area (Å²) in [5.74, 6) is -0.852. The van der Waals surface area contributed by atoms with Gasteiger partial charge in [-0.2, -0.15) is 0 Å². The lowest BCUT2D eigenvalue weighted by atomic mass is 9.46. The summed E-state index contributed by atoms with van der Waals surface area (Å²) in [6.07, 6.45) is 6.99. The van der Waals surface area contributed by atoms with Gasteiger partial charge in [0.05, 0.1) is 31.0 Å². The molecule has 2 aliphatic carbocycles. The number of hydrogen-bond donors (Lipinski definition) is 0. The number of Topliss-reactive ketones (excluding diaryl/α,β-unsaturated/α-hetero) is 1. The summed E-state index contributed by atoms with van der Waals surface area (Å²) < 4.78 is 15.8. The van der Waals surface area contributed by atoms with E-state index >= 15 is 0 Å². The van der Waals surface area contributed by atoms with Gasteiger partial charge in [0, 0.05) is 18.8 Å². The van der Waals surface area contributed by atoms with Gasteiger partial charge < -0.3 is 13.9 Å². The number of fused-ring (bicyclic) bond motifs is 1. The van der Waals surface area contributed by atoms with Crippen LogP contribution in [0.1, 0.15) is 62.7 Å². The third kappa shape index (κ3) is 3.77. The van der Waals surface area contributed by atoms with Crippen molar-refractivity contribution in [1.82, 2.24) is 0 Å². The van der Waals surface area contributed by atoms with E-state index < -0.39 is 10.8 Å². The second kappa shape index (κ2) is 8.17. The second-order valence-corrected chi connectivity index (χ2v) is 8.72. The minimum absolute atomic E-state index is 0.0295. The van der Waals surface area contributed by atoms with Crippen molar-refractivity contribution in [1.29, 1.82) is 0 Å². The van der Waals surface area contributed by atoms with E-state index in [1.165, 1.54) is 26.6 Å². The number of ether oxygens (including phenoxy) is 2. The van der Waals surface area contributed by atoms with Crippen LogP contribution in [0.5, 0.6) is 0 Å². The van der Waals surface area contributed by atoms with Gasteiger partial charge in [-0.1, -0.05) is 18.6 Å². The maximum absolute atomic E-state index is 12.9. The summed E-state index contributed by atoms with van der Waals surface area (Å²) in [4.78, 5) is 37.4. The van der Waals surface area contributed by atoms with Gasteiger partial charge in [0.2, 0.25) is 0 Å². The van der Waals surface area contributed by atoms with E-state index in [9.17, 15) is 14.4 Å².